The molecule has 2 aliphatic rings. The Bertz CT molecular complexity index is 1010. The number of carbonyl (C=O) groups excluding carboxylic acids is 3. The van der Waals surface area contributed by atoms with Gasteiger partial charge in [-0.15, -0.1) is 0 Å². The lowest BCUT2D eigenvalue weighted by atomic mass is 9.82. The van der Waals surface area contributed by atoms with E-state index in [-0.39, 0.29) is 0 Å². The summed E-state index contributed by atoms with van der Waals surface area (Å²) in [5.41, 5.74) is 17.4. The van der Waals surface area contributed by atoms with Crippen molar-refractivity contribution < 1.29 is 69.1 Å². The molecular formula is C25H45N5O14. The van der Waals surface area contributed by atoms with Crippen molar-refractivity contribution in [2.45, 2.75) is 106 Å². The second-order valence-electron chi connectivity index (χ2n) is 11.1. The first-order chi connectivity index (χ1) is 20.5. The van der Waals surface area contributed by atoms with Crippen LogP contribution in [0.1, 0.15) is 27.2 Å². The molecule has 14 atom stereocenters. The fourth-order valence-electron chi connectivity index (χ4n) is 5.40. The minimum Gasteiger partial charge on any atom is -0.481 e. The van der Waals surface area contributed by atoms with Gasteiger partial charge in [-0.3, -0.25) is 19.2 Å². The lowest BCUT2D eigenvalue weighted by Crippen LogP contribution is -2.67. The molecule has 19 heteroatoms. The van der Waals surface area contributed by atoms with Crippen LogP contribution in [0.4, 0.5) is 0 Å². The van der Waals surface area contributed by atoms with Crippen molar-refractivity contribution in [3.63, 3.8) is 0 Å². The molecule has 254 valence electrons. The number of aliphatic hydroxyl groups is 6. The molecule has 0 aromatic carbocycles. The van der Waals surface area contributed by atoms with E-state index in [1.165, 1.54) is 13.8 Å². The first-order valence-electron chi connectivity index (χ1n) is 14.0. The second kappa shape index (κ2) is 16.1. The van der Waals surface area contributed by atoms with Crippen molar-refractivity contribution in [1.29, 1.82) is 0 Å². The number of nitrogens with one attached hydrogen (secondary N) is 1. The maximum atomic E-state index is 13.3. The van der Waals surface area contributed by atoms with Gasteiger partial charge in [0.05, 0.1) is 49.5 Å². The smallest absolute Gasteiger partial charge is 0.309 e. The molecule has 0 radical (unpaired) electrons. The van der Waals surface area contributed by atoms with Crippen LogP contribution in [0.15, 0.2) is 0 Å². The number of rotatable bonds is 14. The third-order valence-electron chi connectivity index (χ3n) is 7.67. The number of nitrogens with two attached hydrogens (primary N) is 3. The number of carbonyl (C=O) groups is 4. The summed E-state index contributed by atoms with van der Waals surface area (Å²) in [6.45, 7) is 1.82. The fraction of sp³-hybridized carbons (Fsp3) is 0.840. The molecule has 2 saturated heterocycles. The molecule has 0 bridgehead atoms. The summed E-state index contributed by atoms with van der Waals surface area (Å²) >= 11 is 0. The van der Waals surface area contributed by atoms with Crippen LogP contribution in [0.25, 0.3) is 0 Å². The zero-order valence-corrected chi connectivity index (χ0v) is 24.6. The van der Waals surface area contributed by atoms with Crippen LogP contribution < -0.4 is 22.5 Å². The van der Waals surface area contributed by atoms with Crippen LogP contribution in [0.2, 0.25) is 0 Å². The summed E-state index contributed by atoms with van der Waals surface area (Å²) in [7, 11) is 0. The van der Waals surface area contributed by atoms with Crippen molar-refractivity contribution >= 4 is 23.7 Å². The van der Waals surface area contributed by atoms with Crippen LogP contribution in [0.5, 0.6) is 0 Å². The lowest BCUT2D eigenvalue weighted by molar-refractivity contribution is -0.263. The van der Waals surface area contributed by atoms with E-state index >= 15 is 0 Å². The van der Waals surface area contributed by atoms with E-state index in [0.717, 1.165) is 11.8 Å². The monoisotopic (exact) mass is 639 g/mol. The summed E-state index contributed by atoms with van der Waals surface area (Å²) in [5, 5.41) is 73.2. The van der Waals surface area contributed by atoms with Crippen molar-refractivity contribution in [3.05, 3.63) is 0 Å². The minimum atomic E-state index is -1.79. The summed E-state index contributed by atoms with van der Waals surface area (Å²) in [6, 6.07) is -5.71. The van der Waals surface area contributed by atoms with Gasteiger partial charge in [0.25, 0.3) is 0 Å². The Hall–Kier alpha value is -2.56. The number of ether oxygens (including phenoxy) is 3. The Morgan fingerprint density at radius 2 is 1.55 bits per heavy atom. The van der Waals surface area contributed by atoms with Crippen LogP contribution in [-0.4, -0.2) is 163 Å². The van der Waals surface area contributed by atoms with Gasteiger partial charge in [-0.25, -0.2) is 0 Å². The van der Waals surface area contributed by atoms with Gasteiger partial charge in [0.15, 0.2) is 6.29 Å². The Labute approximate surface area is 252 Å². The fourth-order valence-corrected chi connectivity index (χ4v) is 5.40. The average molecular weight is 640 g/mol. The first-order valence-corrected chi connectivity index (χ1v) is 14.0. The predicted molar refractivity (Wildman–Crippen MR) is 146 cm³/mol. The summed E-state index contributed by atoms with van der Waals surface area (Å²) in [5.74, 6) is -6.08. The second-order valence-corrected chi connectivity index (χ2v) is 11.1. The molecule has 19 nitrogen and oxygen atoms in total. The summed E-state index contributed by atoms with van der Waals surface area (Å²) < 4.78 is 16.4. The zero-order chi connectivity index (χ0) is 33.6. The van der Waals surface area contributed by atoms with Crippen molar-refractivity contribution in [2.24, 2.45) is 23.1 Å². The van der Waals surface area contributed by atoms with Crippen molar-refractivity contribution in [2.75, 3.05) is 19.8 Å². The maximum Gasteiger partial charge on any atom is 0.309 e. The lowest BCUT2D eigenvalue weighted by Gasteiger charge is -2.45. The Morgan fingerprint density at radius 3 is 2.02 bits per heavy atom. The molecule has 3 unspecified atom stereocenters. The summed E-state index contributed by atoms with van der Waals surface area (Å²) in [4.78, 5) is 51.3. The van der Waals surface area contributed by atoms with E-state index < -0.39 is 135 Å². The van der Waals surface area contributed by atoms with Gasteiger partial charge in [0.2, 0.25) is 17.7 Å². The molecule has 14 N–H and O–H groups in total. The van der Waals surface area contributed by atoms with Gasteiger partial charge in [-0.2, -0.15) is 0 Å². The zero-order valence-electron chi connectivity index (χ0n) is 24.6. The molecule has 0 aromatic heterocycles. The van der Waals surface area contributed by atoms with Crippen LogP contribution >= 0.6 is 0 Å². The molecule has 44 heavy (non-hydrogen) atoms. The van der Waals surface area contributed by atoms with Crippen LogP contribution in [0, 0.1) is 5.92 Å². The van der Waals surface area contributed by atoms with Crippen molar-refractivity contribution in [3.8, 4) is 0 Å². The Morgan fingerprint density at radius 1 is 0.977 bits per heavy atom. The van der Waals surface area contributed by atoms with Gasteiger partial charge in [-0.1, -0.05) is 0 Å². The van der Waals surface area contributed by atoms with Gasteiger partial charge < -0.3 is 77.4 Å². The van der Waals surface area contributed by atoms with Crippen LogP contribution in [-0.2, 0) is 33.4 Å². The number of primary amides is 1. The highest BCUT2D eigenvalue weighted by Crippen LogP contribution is 2.30. The Kier molecular flexibility index (Phi) is 13.8. The molecular weight excluding hydrogens is 594 g/mol. The van der Waals surface area contributed by atoms with E-state index in [9.17, 15) is 54.9 Å². The number of nitrogens with zero attached hydrogens (tertiary/aromatic N) is 1. The molecule has 2 aliphatic heterocycles. The topological polar surface area (TPSA) is 331 Å². The van der Waals surface area contributed by atoms with Gasteiger partial charge in [0.1, 0.15) is 42.7 Å². The molecule has 0 saturated carbocycles. The first kappa shape index (κ1) is 37.6. The van der Waals surface area contributed by atoms with Gasteiger partial charge >= 0.3 is 5.97 Å². The average Bonchev–Trinajstić information content (AvgIpc) is 2.94. The number of amides is 3. The van der Waals surface area contributed by atoms with E-state index in [1.807, 2.05) is 0 Å². The Balaban J connectivity index is 2.43. The van der Waals surface area contributed by atoms with E-state index in [4.69, 9.17) is 31.4 Å². The van der Waals surface area contributed by atoms with Crippen LogP contribution in [0.3, 0.4) is 0 Å². The molecule has 2 rings (SSSR count). The van der Waals surface area contributed by atoms with Gasteiger partial charge in [-0.05, 0) is 20.3 Å². The molecule has 0 aromatic rings. The molecule has 2 heterocycles. The molecule has 0 spiro atoms. The molecule has 2 fully saturated rings. The SMILES string of the molecule is CC(=O)N[C@H]1C(C(C[C@H](C(N)=O)N(CC(C)O[C@@H]2[C@@H](N)[C@@H](O)O[C@H](CO)[C@H]2O)C(=O)[C@H](C)N)C(=O)O)O[C@H](CO)[C@@H](O)[C@@H]1O. The third kappa shape index (κ3) is 8.79. The number of aliphatic carboxylic acids is 1. The summed E-state index contributed by atoms with van der Waals surface area (Å²) in [6.07, 6.45) is -14.1. The molecule has 0 aliphatic carbocycles. The highest BCUT2D eigenvalue weighted by atomic mass is 16.6. The predicted octanol–water partition coefficient (Wildman–Crippen LogP) is -6.74. The van der Waals surface area contributed by atoms with Gasteiger partial charge in [0, 0.05) is 13.5 Å². The molecule has 3 amide bonds. The number of hydrogen-bond acceptors (Lipinski definition) is 15. The number of hydrogen-bond donors (Lipinski definition) is 11. The largest absolute Gasteiger partial charge is 0.481 e. The highest BCUT2D eigenvalue weighted by Gasteiger charge is 2.51. The number of carboxylic acid groups (broad SMARTS) is 1. The number of carboxylic acids is 1. The maximum absolute atomic E-state index is 13.3. The van der Waals surface area contributed by atoms with Crippen molar-refractivity contribution in [1.82, 2.24) is 10.2 Å². The third-order valence-corrected chi connectivity index (χ3v) is 7.67. The quantitative estimate of drug-likeness (QED) is 0.0841. The van der Waals surface area contributed by atoms with E-state index in [1.54, 1.807) is 0 Å². The highest BCUT2D eigenvalue weighted by molar-refractivity contribution is 5.89. The van der Waals surface area contributed by atoms with E-state index in [0.29, 0.717) is 0 Å². The normalized spacial score (nSPS) is 35.2. The van der Waals surface area contributed by atoms with E-state index in [2.05, 4.69) is 5.32 Å². The standard InChI is InChI=1S/C25H45N5O14/c1-8(42-21-15(27)25(41)44-14(7-32)18(21)35)5-30(23(38)9(2)26)12(22(28)37)4-11(24(39)40)20-16(29-10(3)33)19(36)17(34)13(6-31)43-20/h8-9,11-21,25,31-32,34-36,41H,4-7,26-27H2,1-3H3,(H2,28,37)(H,29,33)(H,39,40)/t8?,9-,11?,12+,13+,14+,15+,16+,17+,18+,19+,20?,21+,25-/m0/s1. The minimum absolute atomic E-state index is 0.460. The number of aliphatic hydroxyl groups excluding tert-OH is 6.